The molecule has 2 N–H and O–H groups in total. The van der Waals surface area contributed by atoms with Crippen LogP contribution >= 0.6 is 0 Å². The van der Waals surface area contributed by atoms with Crippen LogP contribution in [-0.2, 0) is 0 Å². The van der Waals surface area contributed by atoms with Gasteiger partial charge in [-0.15, -0.1) is 0 Å². The van der Waals surface area contributed by atoms with Gasteiger partial charge in [-0.05, 0) is 88.5 Å². The van der Waals surface area contributed by atoms with E-state index in [4.69, 9.17) is 10.2 Å². The smallest absolute Gasteiger partial charge is 0.0617 e. The second-order valence-electron chi connectivity index (χ2n) is 14.3. The molecule has 0 heterocycles. The number of aliphatic hydroxyl groups excluding tert-OH is 2. The van der Waals surface area contributed by atoms with Crippen molar-refractivity contribution in [1.82, 2.24) is 0 Å². The van der Waals surface area contributed by atoms with Crippen LogP contribution in [0.4, 0.5) is 0 Å². The van der Waals surface area contributed by atoms with Gasteiger partial charge in [0.05, 0.1) is 13.2 Å². The van der Waals surface area contributed by atoms with E-state index in [1.54, 1.807) is 6.08 Å². The number of hydrogen-bond donors (Lipinski definition) is 2. The highest BCUT2D eigenvalue weighted by molar-refractivity contribution is 5.37. The zero-order chi connectivity index (χ0) is 32.0. The zero-order valence-electron chi connectivity index (χ0n) is 29.6. The van der Waals surface area contributed by atoms with Gasteiger partial charge in [0, 0.05) is 0 Å². The molecule has 0 fully saturated rings. The van der Waals surface area contributed by atoms with Gasteiger partial charge in [0.2, 0.25) is 0 Å². The first-order valence-electron chi connectivity index (χ1n) is 17.1. The Morgan fingerprint density at radius 3 is 1.90 bits per heavy atom. The average Bonchev–Trinajstić information content (AvgIpc) is 2.88. The highest BCUT2D eigenvalue weighted by Crippen LogP contribution is 2.40. The van der Waals surface area contributed by atoms with E-state index >= 15 is 0 Å². The first-order chi connectivity index (χ1) is 19.8. The van der Waals surface area contributed by atoms with Gasteiger partial charge >= 0.3 is 0 Å². The molecule has 1 rings (SSSR count). The van der Waals surface area contributed by atoms with E-state index in [0.717, 1.165) is 29.7 Å². The molecule has 1 aliphatic rings. The number of aliphatic hydroxyl groups is 2. The fourth-order valence-corrected chi connectivity index (χ4v) is 5.81. The summed E-state index contributed by atoms with van der Waals surface area (Å²) in [4.78, 5) is 0. The molecule has 0 aromatic rings. The average molecular weight is 583 g/mol. The summed E-state index contributed by atoms with van der Waals surface area (Å²) in [5.74, 6) is 2.63. The Balaban J connectivity index is 0.000000800. The third-order valence-corrected chi connectivity index (χ3v) is 8.77. The van der Waals surface area contributed by atoms with E-state index < -0.39 is 0 Å². The fraction of sp³-hybridized carbons (Fsp3) is 0.700. The lowest BCUT2D eigenvalue weighted by Gasteiger charge is -2.32. The van der Waals surface area contributed by atoms with Crippen molar-refractivity contribution >= 4 is 0 Å². The predicted octanol–water partition coefficient (Wildman–Crippen LogP) is 11.9. The maximum Gasteiger partial charge on any atom is 0.0617 e. The van der Waals surface area contributed by atoms with Crippen LogP contribution in [0, 0.1) is 23.2 Å². The van der Waals surface area contributed by atoms with Crippen LogP contribution in [0.2, 0.25) is 0 Å². The Morgan fingerprint density at radius 2 is 1.36 bits per heavy atom. The molecule has 0 spiro atoms. The maximum atomic E-state index is 8.83. The van der Waals surface area contributed by atoms with Crippen LogP contribution in [-0.4, -0.2) is 23.4 Å². The molecule has 0 saturated heterocycles. The minimum Gasteiger partial charge on any atom is -0.392 e. The molecule has 1 aliphatic carbocycles. The molecule has 0 radical (unpaired) electrons. The molecule has 0 saturated carbocycles. The maximum absolute atomic E-state index is 8.83. The second-order valence-corrected chi connectivity index (χ2v) is 14.3. The van der Waals surface area contributed by atoms with Gasteiger partial charge in [-0.25, -0.2) is 0 Å². The van der Waals surface area contributed by atoms with Crippen molar-refractivity contribution in [3.05, 3.63) is 70.4 Å². The van der Waals surface area contributed by atoms with Gasteiger partial charge in [-0.1, -0.05) is 151 Å². The molecular formula is C40H70O2. The summed E-state index contributed by atoms with van der Waals surface area (Å²) >= 11 is 0. The Bertz CT molecular complexity index is 891. The summed E-state index contributed by atoms with van der Waals surface area (Å²) in [6, 6.07) is 0. The minimum atomic E-state index is 0.0985. The first-order valence-corrected chi connectivity index (χ1v) is 17.1. The monoisotopic (exact) mass is 583 g/mol. The van der Waals surface area contributed by atoms with E-state index in [9.17, 15) is 0 Å². The van der Waals surface area contributed by atoms with Crippen molar-refractivity contribution in [3.63, 3.8) is 0 Å². The van der Waals surface area contributed by atoms with Gasteiger partial charge in [0.1, 0.15) is 0 Å². The van der Waals surface area contributed by atoms with E-state index in [-0.39, 0.29) is 13.2 Å². The summed E-state index contributed by atoms with van der Waals surface area (Å²) in [6.07, 6.45) is 30.4. The molecule has 0 bridgehead atoms. The van der Waals surface area contributed by atoms with Gasteiger partial charge < -0.3 is 10.2 Å². The van der Waals surface area contributed by atoms with Gasteiger partial charge in [-0.2, -0.15) is 0 Å². The first kappa shape index (κ1) is 40.4. The van der Waals surface area contributed by atoms with Gasteiger partial charge in [0.15, 0.2) is 0 Å². The lowest BCUT2D eigenvalue weighted by molar-refractivity contribution is 0.341. The van der Waals surface area contributed by atoms with Crippen LogP contribution in [0.5, 0.6) is 0 Å². The summed E-state index contributed by atoms with van der Waals surface area (Å²) < 4.78 is 0. The lowest BCUT2D eigenvalue weighted by Crippen LogP contribution is -2.19. The molecule has 0 amide bonds. The molecule has 2 heteroatoms. The topological polar surface area (TPSA) is 40.5 Å². The third-order valence-electron chi connectivity index (χ3n) is 8.77. The molecule has 0 aromatic heterocycles. The van der Waals surface area contributed by atoms with Crippen molar-refractivity contribution < 1.29 is 10.2 Å². The van der Waals surface area contributed by atoms with Crippen LogP contribution in [0.1, 0.15) is 146 Å². The highest BCUT2D eigenvalue weighted by atomic mass is 16.3. The van der Waals surface area contributed by atoms with Gasteiger partial charge in [-0.3, -0.25) is 0 Å². The number of allylic oxidation sites excluding steroid dienone is 10. The third kappa shape index (κ3) is 21.1. The van der Waals surface area contributed by atoms with Crippen LogP contribution in [0.15, 0.2) is 70.4 Å². The Morgan fingerprint density at radius 1 is 0.786 bits per heavy atom. The quantitative estimate of drug-likeness (QED) is 0.125. The molecule has 42 heavy (non-hydrogen) atoms. The molecule has 242 valence electrons. The van der Waals surface area contributed by atoms with Crippen molar-refractivity contribution in [1.29, 1.82) is 0 Å². The summed E-state index contributed by atoms with van der Waals surface area (Å²) in [6.45, 7) is 23.0. The Labute approximate surface area is 262 Å². The minimum absolute atomic E-state index is 0.0985. The largest absolute Gasteiger partial charge is 0.392 e. The van der Waals surface area contributed by atoms with Crippen molar-refractivity contribution in [3.8, 4) is 0 Å². The normalized spacial score (nSPS) is 18.2. The SMILES string of the molecule is C/C(=C\CO)CCC[C@H](C)CCC[C@H](C)CCCC(C)C.CC1=C(/C=C/C(C)=C/C=C/C(C)=C/CO)C(C)(C)CCC1. The predicted molar refractivity (Wildman–Crippen MR) is 189 cm³/mol. The van der Waals surface area contributed by atoms with Crippen molar-refractivity contribution in [2.75, 3.05) is 13.2 Å². The molecule has 0 unspecified atom stereocenters. The van der Waals surface area contributed by atoms with Crippen LogP contribution in [0.3, 0.4) is 0 Å². The van der Waals surface area contributed by atoms with Crippen LogP contribution < -0.4 is 0 Å². The summed E-state index contributed by atoms with van der Waals surface area (Å²) in [7, 11) is 0. The number of rotatable bonds is 18. The molecule has 2 nitrogen and oxygen atoms in total. The standard InChI is InChI=1S/C20H30O.C20H40O/c1-16(8-6-9-17(2)13-15-21)11-12-19-18(3)10-7-14-20(19,4)5;1-17(2)9-6-10-18(3)11-7-12-19(4)13-8-14-20(5)15-16-21/h6,8-9,11-13,21H,7,10,14-15H2,1-5H3;15,17-19,21H,6-14,16H2,1-5H3/b9-6+,12-11+,16-8+,17-13+;20-15+/t;18-,19-/m.1/s1. The lowest BCUT2D eigenvalue weighted by atomic mass is 9.72. The molecule has 0 aliphatic heterocycles. The van der Waals surface area contributed by atoms with E-state index in [1.165, 1.54) is 92.9 Å². The molecular weight excluding hydrogens is 512 g/mol. The second kappa shape index (κ2) is 23.8. The Hall–Kier alpha value is -1.64. The fourth-order valence-electron chi connectivity index (χ4n) is 5.81. The summed E-state index contributed by atoms with van der Waals surface area (Å²) in [5.41, 5.74) is 7.00. The summed E-state index contributed by atoms with van der Waals surface area (Å²) in [5, 5.41) is 17.6. The Kier molecular flexibility index (Phi) is 22.8. The van der Waals surface area contributed by atoms with E-state index in [2.05, 4.69) is 80.5 Å². The number of hydrogen-bond acceptors (Lipinski definition) is 2. The molecule has 2 atom stereocenters. The van der Waals surface area contributed by atoms with E-state index in [0.29, 0.717) is 5.41 Å². The van der Waals surface area contributed by atoms with Crippen LogP contribution in [0.25, 0.3) is 0 Å². The van der Waals surface area contributed by atoms with E-state index in [1.807, 2.05) is 25.2 Å². The molecule has 0 aromatic carbocycles. The van der Waals surface area contributed by atoms with Crippen molar-refractivity contribution in [2.24, 2.45) is 23.2 Å². The van der Waals surface area contributed by atoms with Crippen molar-refractivity contribution in [2.45, 2.75) is 146 Å². The highest BCUT2D eigenvalue weighted by Gasteiger charge is 2.26. The zero-order valence-corrected chi connectivity index (χ0v) is 29.6. The van der Waals surface area contributed by atoms with Gasteiger partial charge in [0.25, 0.3) is 0 Å².